The standard InChI is InChI=1S/C15H21ClN2O3S/c1-11(8-12-4-3-5-13(16)9-12)15(19)18-7-6-14(10-18)22(20,21)17-2/h3-5,9,11,14,17H,6-8,10H2,1-2H3/t11-,14-/m1/s1. The summed E-state index contributed by atoms with van der Waals surface area (Å²) in [6.45, 7) is 2.62. The van der Waals surface area contributed by atoms with E-state index in [1.807, 2.05) is 25.1 Å². The minimum Gasteiger partial charge on any atom is -0.341 e. The molecule has 1 fully saturated rings. The van der Waals surface area contributed by atoms with Gasteiger partial charge in [0.25, 0.3) is 0 Å². The molecule has 2 atom stereocenters. The van der Waals surface area contributed by atoms with E-state index in [1.54, 1.807) is 11.0 Å². The third-order valence-corrected chi connectivity index (χ3v) is 6.10. The van der Waals surface area contributed by atoms with Crippen LogP contribution in [0.4, 0.5) is 0 Å². The Morgan fingerprint density at radius 1 is 1.50 bits per heavy atom. The molecular weight excluding hydrogens is 324 g/mol. The van der Waals surface area contributed by atoms with E-state index in [9.17, 15) is 13.2 Å². The number of carbonyl (C=O) groups is 1. The maximum atomic E-state index is 12.5. The highest BCUT2D eigenvalue weighted by Crippen LogP contribution is 2.21. The summed E-state index contributed by atoms with van der Waals surface area (Å²) in [6, 6.07) is 7.45. The molecule has 1 N–H and O–H groups in total. The van der Waals surface area contributed by atoms with E-state index in [-0.39, 0.29) is 18.4 Å². The molecule has 1 aromatic rings. The van der Waals surface area contributed by atoms with Crippen LogP contribution in [-0.4, -0.2) is 44.6 Å². The first-order valence-corrected chi connectivity index (χ1v) is 9.21. The highest BCUT2D eigenvalue weighted by Gasteiger charge is 2.35. The molecule has 0 aromatic heterocycles. The molecule has 7 heteroatoms. The number of carbonyl (C=O) groups excluding carboxylic acids is 1. The number of nitrogens with zero attached hydrogens (tertiary/aromatic N) is 1. The van der Waals surface area contributed by atoms with E-state index in [0.717, 1.165) is 5.56 Å². The number of halogens is 1. The van der Waals surface area contributed by atoms with Gasteiger partial charge in [0, 0.05) is 24.0 Å². The normalized spacial score (nSPS) is 20.1. The van der Waals surface area contributed by atoms with Gasteiger partial charge in [0.2, 0.25) is 15.9 Å². The summed E-state index contributed by atoms with van der Waals surface area (Å²) < 4.78 is 25.9. The van der Waals surface area contributed by atoms with Crippen LogP contribution in [0, 0.1) is 5.92 Å². The van der Waals surface area contributed by atoms with Crippen LogP contribution >= 0.6 is 11.6 Å². The fraction of sp³-hybridized carbons (Fsp3) is 0.533. The van der Waals surface area contributed by atoms with E-state index in [1.165, 1.54) is 7.05 Å². The number of rotatable bonds is 5. The van der Waals surface area contributed by atoms with Crippen LogP contribution in [0.2, 0.25) is 5.02 Å². The zero-order valence-electron chi connectivity index (χ0n) is 12.8. The molecule has 122 valence electrons. The Bertz CT molecular complexity index is 648. The fourth-order valence-corrected chi connectivity index (χ4v) is 4.10. The molecule has 0 unspecified atom stereocenters. The van der Waals surface area contributed by atoms with E-state index in [0.29, 0.717) is 24.4 Å². The zero-order valence-corrected chi connectivity index (χ0v) is 14.3. The largest absolute Gasteiger partial charge is 0.341 e. The van der Waals surface area contributed by atoms with Gasteiger partial charge in [0.1, 0.15) is 0 Å². The SMILES string of the molecule is CNS(=O)(=O)[C@@H]1CCN(C(=O)[C@H](C)Cc2cccc(Cl)c2)C1. The summed E-state index contributed by atoms with van der Waals surface area (Å²) in [6.07, 6.45) is 1.08. The molecule has 1 saturated heterocycles. The molecule has 1 aromatic carbocycles. The number of likely N-dealkylation sites (tertiary alicyclic amines) is 1. The number of hydrogen-bond donors (Lipinski definition) is 1. The van der Waals surface area contributed by atoms with Gasteiger partial charge in [-0.15, -0.1) is 0 Å². The van der Waals surface area contributed by atoms with Gasteiger partial charge >= 0.3 is 0 Å². The van der Waals surface area contributed by atoms with E-state index in [4.69, 9.17) is 11.6 Å². The molecule has 2 rings (SSSR count). The monoisotopic (exact) mass is 344 g/mol. The van der Waals surface area contributed by atoms with E-state index in [2.05, 4.69) is 4.72 Å². The number of hydrogen-bond acceptors (Lipinski definition) is 3. The van der Waals surface area contributed by atoms with Crippen molar-refractivity contribution in [1.29, 1.82) is 0 Å². The van der Waals surface area contributed by atoms with Crippen molar-refractivity contribution in [1.82, 2.24) is 9.62 Å². The molecule has 0 spiro atoms. The summed E-state index contributed by atoms with van der Waals surface area (Å²) in [5.41, 5.74) is 1.01. The Kier molecular flexibility index (Phi) is 5.47. The van der Waals surface area contributed by atoms with Crippen molar-refractivity contribution in [3.63, 3.8) is 0 Å². The van der Waals surface area contributed by atoms with Gasteiger partial charge in [-0.05, 0) is 37.6 Å². The zero-order chi connectivity index (χ0) is 16.3. The first-order chi connectivity index (χ1) is 10.3. The van der Waals surface area contributed by atoms with Gasteiger partial charge < -0.3 is 4.90 Å². The lowest BCUT2D eigenvalue weighted by molar-refractivity contribution is -0.133. The van der Waals surface area contributed by atoms with Crippen molar-refractivity contribution in [3.05, 3.63) is 34.9 Å². The molecule has 22 heavy (non-hydrogen) atoms. The van der Waals surface area contributed by atoms with Gasteiger partial charge in [-0.2, -0.15) is 0 Å². The third-order valence-electron chi connectivity index (χ3n) is 4.03. The Balaban J connectivity index is 1.97. The molecule has 1 amide bonds. The fourth-order valence-electron chi connectivity index (χ4n) is 2.76. The summed E-state index contributed by atoms with van der Waals surface area (Å²) in [4.78, 5) is 14.1. The van der Waals surface area contributed by atoms with Crippen molar-refractivity contribution < 1.29 is 13.2 Å². The molecule has 5 nitrogen and oxygen atoms in total. The molecule has 1 heterocycles. The van der Waals surface area contributed by atoms with E-state index < -0.39 is 15.3 Å². The van der Waals surface area contributed by atoms with Crippen molar-refractivity contribution in [2.75, 3.05) is 20.1 Å². The van der Waals surface area contributed by atoms with Crippen molar-refractivity contribution in [2.45, 2.75) is 25.0 Å². The average Bonchev–Trinajstić information content (AvgIpc) is 2.97. The molecule has 0 saturated carbocycles. The average molecular weight is 345 g/mol. The molecule has 1 aliphatic rings. The number of benzene rings is 1. The lowest BCUT2D eigenvalue weighted by Crippen LogP contribution is -2.38. The van der Waals surface area contributed by atoms with Crippen molar-refractivity contribution in [2.24, 2.45) is 5.92 Å². The Labute approximate surface area is 136 Å². The maximum absolute atomic E-state index is 12.5. The lowest BCUT2D eigenvalue weighted by Gasteiger charge is -2.21. The Morgan fingerprint density at radius 2 is 2.23 bits per heavy atom. The van der Waals surface area contributed by atoms with Gasteiger partial charge in [-0.25, -0.2) is 13.1 Å². The van der Waals surface area contributed by atoms with E-state index >= 15 is 0 Å². The smallest absolute Gasteiger partial charge is 0.225 e. The first-order valence-electron chi connectivity index (χ1n) is 7.29. The van der Waals surface area contributed by atoms with Gasteiger partial charge in [0.05, 0.1) is 5.25 Å². The molecule has 0 radical (unpaired) electrons. The van der Waals surface area contributed by atoms with Crippen LogP contribution in [0.3, 0.4) is 0 Å². The van der Waals surface area contributed by atoms with Crippen LogP contribution < -0.4 is 4.72 Å². The number of nitrogens with one attached hydrogen (secondary N) is 1. The Hall–Kier alpha value is -1.11. The van der Waals surface area contributed by atoms with Crippen molar-refractivity contribution in [3.8, 4) is 0 Å². The molecule has 1 aliphatic heterocycles. The maximum Gasteiger partial charge on any atom is 0.225 e. The van der Waals surface area contributed by atoms with Gasteiger partial charge in [0.15, 0.2) is 0 Å². The topological polar surface area (TPSA) is 66.5 Å². The lowest BCUT2D eigenvalue weighted by atomic mass is 10.00. The predicted molar refractivity (Wildman–Crippen MR) is 87.3 cm³/mol. The van der Waals surface area contributed by atoms with Gasteiger partial charge in [-0.3, -0.25) is 4.79 Å². The summed E-state index contributed by atoms with van der Waals surface area (Å²) in [5, 5.41) is 0.137. The second-order valence-corrected chi connectivity index (χ2v) is 8.28. The quantitative estimate of drug-likeness (QED) is 0.883. The highest BCUT2D eigenvalue weighted by atomic mass is 35.5. The van der Waals surface area contributed by atoms with Crippen LogP contribution in [-0.2, 0) is 21.2 Å². The van der Waals surface area contributed by atoms with Crippen LogP contribution in [0.5, 0.6) is 0 Å². The molecule has 0 aliphatic carbocycles. The summed E-state index contributed by atoms with van der Waals surface area (Å²) in [5.74, 6) is -0.205. The minimum atomic E-state index is -3.32. The highest BCUT2D eigenvalue weighted by molar-refractivity contribution is 7.90. The summed E-state index contributed by atoms with van der Waals surface area (Å²) in [7, 11) is -1.91. The van der Waals surface area contributed by atoms with Crippen molar-refractivity contribution >= 4 is 27.5 Å². The summed E-state index contributed by atoms with van der Waals surface area (Å²) >= 11 is 5.95. The van der Waals surface area contributed by atoms with Crippen LogP contribution in [0.25, 0.3) is 0 Å². The first kappa shape index (κ1) is 17.2. The van der Waals surface area contributed by atoms with Crippen LogP contribution in [0.15, 0.2) is 24.3 Å². The van der Waals surface area contributed by atoms with Gasteiger partial charge in [-0.1, -0.05) is 30.7 Å². The second-order valence-electron chi connectivity index (χ2n) is 5.68. The van der Waals surface area contributed by atoms with Crippen LogP contribution in [0.1, 0.15) is 18.9 Å². The third kappa shape index (κ3) is 4.00. The number of amides is 1. The predicted octanol–water partition coefficient (Wildman–Crippen LogP) is 1.67. The Morgan fingerprint density at radius 3 is 2.86 bits per heavy atom. The minimum absolute atomic E-state index is 0.00576. The second kappa shape index (κ2) is 6.98. The molecule has 0 bridgehead atoms. The molecular formula is C15H21ClN2O3S. The number of sulfonamides is 1.